The molecule has 1 N–H and O–H groups in total. The second-order valence-electron chi connectivity index (χ2n) is 7.49. The van der Waals surface area contributed by atoms with Crippen molar-refractivity contribution in [1.82, 2.24) is 14.5 Å². The Kier molecular flexibility index (Phi) is 7.77. The lowest BCUT2D eigenvalue weighted by Gasteiger charge is -2.18. The van der Waals surface area contributed by atoms with Crippen LogP contribution in [0.1, 0.15) is 27.7 Å². The summed E-state index contributed by atoms with van der Waals surface area (Å²) in [5.41, 5.74) is -1.12. The first-order valence-electron chi connectivity index (χ1n) is 9.62. The number of aromatic nitrogens is 3. The molecule has 0 unspecified atom stereocenters. The van der Waals surface area contributed by atoms with Crippen molar-refractivity contribution in [1.29, 1.82) is 0 Å². The van der Waals surface area contributed by atoms with E-state index in [1.54, 1.807) is 26.0 Å². The summed E-state index contributed by atoms with van der Waals surface area (Å²) >= 11 is 5.94. The van der Waals surface area contributed by atoms with Crippen LogP contribution in [0.25, 0.3) is 11.2 Å². The van der Waals surface area contributed by atoms with Gasteiger partial charge >= 0.3 is 0 Å². The predicted molar refractivity (Wildman–Crippen MR) is 124 cm³/mol. The molecule has 0 aliphatic heterocycles. The van der Waals surface area contributed by atoms with Crippen LogP contribution in [0.5, 0.6) is 0 Å². The van der Waals surface area contributed by atoms with Crippen LogP contribution < -0.4 is 10.9 Å². The highest BCUT2D eigenvalue weighted by Gasteiger charge is 2.21. The lowest BCUT2D eigenvalue weighted by Crippen LogP contribution is -2.33. The molecule has 2 aromatic heterocycles. The van der Waals surface area contributed by atoms with Gasteiger partial charge in [0.1, 0.15) is 16.3 Å². The molecule has 10 heteroatoms. The summed E-state index contributed by atoms with van der Waals surface area (Å²) in [5, 5.41) is 3.06. The first-order chi connectivity index (χ1) is 14.4. The molecule has 2 heterocycles. The van der Waals surface area contributed by atoms with Crippen LogP contribution in [0.2, 0.25) is 5.15 Å². The van der Waals surface area contributed by atoms with Gasteiger partial charge in [0, 0.05) is 6.54 Å². The molecule has 2 rings (SSSR count). The number of hydrogen-bond acceptors (Lipinski definition) is 6. The molecule has 2 aromatic rings. The van der Waals surface area contributed by atoms with Gasteiger partial charge in [-0.05, 0) is 44.6 Å². The quantitative estimate of drug-likeness (QED) is 0.440. The molecule has 31 heavy (non-hydrogen) atoms. The van der Waals surface area contributed by atoms with E-state index in [1.807, 2.05) is 0 Å². The summed E-state index contributed by atoms with van der Waals surface area (Å²) in [5.74, 6) is -0.00602. The SMILES string of the molecule is C=C(/C=C\C(=C/C)S(=O)(=O)CC)CNc1nc2ccc(Cl)nc2n(CC(C)(C)F)c1=O. The molecule has 0 aliphatic rings. The Morgan fingerprint density at radius 2 is 2.00 bits per heavy atom. The largest absolute Gasteiger partial charge is 0.361 e. The van der Waals surface area contributed by atoms with Crippen molar-refractivity contribution in [3.05, 3.63) is 62.9 Å². The minimum Gasteiger partial charge on any atom is -0.361 e. The number of allylic oxidation sites excluding steroid dienone is 2. The smallest absolute Gasteiger partial charge is 0.295 e. The van der Waals surface area contributed by atoms with E-state index >= 15 is 0 Å². The summed E-state index contributed by atoms with van der Waals surface area (Å²) < 4.78 is 39.5. The molecule has 0 bridgehead atoms. The Labute approximate surface area is 186 Å². The lowest BCUT2D eigenvalue weighted by atomic mass is 10.1. The lowest BCUT2D eigenvalue weighted by molar-refractivity contribution is 0.186. The minimum atomic E-state index is -3.34. The molecule has 168 valence electrons. The van der Waals surface area contributed by atoms with Gasteiger partial charge < -0.3 is 5.32 Å². The van der Waals surface area contributed by atoms with Gasteiger partial charge in [-0.15, -0.1) is 0 Å². The van der Waals surface area contributed by atoms with Gasteiger partial charge in [-0.25, -0.2) is 22.8 Å². The molecule has 7 nitrogen and oxygen atoms in total. The van der Waals surface area contributed by atoms with Gasteiger partial charge in [-0.3, -0.25) is 9.36 Å². The number of fused-ring (bicyclic) bond motifs is 1. The maximum atomic E-state index is 14.3. The molecule has 0 atom stereocenters. The fraction of sp³-hybridized carbons (Fsp3) is 0.381. The number of anilines is 1. The third-order valence-electron chi connectivity index (χ3n) is 4.28. The number of nitrogens with zero attached hydrogens (tertiary/aromatic N) is 3. The predicted octanol–water partition coefficient (Wildman–Crippen LogP) is 4.06. The van der Waals surface area contributed by atoms with Crippen molar-refractivity contribution in [2.24, 2.45) is 0 Å². The topological polar surface area (TPSA) is 93.9 Å². The molecule has 0 aromatic carbocycles. The van der Waals surface area contributed by atoms with Gasteiger partial charge in [0.15, 0.2) is 21.3 Å². The highest BCUT2D eigenvalue weighted by molar-refractivity contribution is 7.95. The number of halogens is 2. The zero-order valence-corrected chi connectivity index (χ0v) is 19.5. The van der Waals surface area contributed by atoms with Crippen molar-refractivity contribution < 1.29 is 12.8 Å². The highest BCUT2D eigenvalue weighted by Crippen LogP contribution is 2.18. The van der Waals surface area contributed by atoms with E-state index in [0.717, 1.165) is 0 Å². The Hall–Kier alpha value is -2.52. The van der Waals surface area contributed by atoms with Gasteiger partial charge in [0.2, 0.25) is 0 Å². The molecule has 0 radical (unpaired) electrons. The van der Waals surface area contributed by atoms with Crippen LogP contribution in [0, 0.1) is 0 Å². The standard InChI is InChI=1S/C21H26ClFN4O3S/c1-6-15(31(29,30)7-2)9-8-14(3)12-24-18-20(28)27(13-21(4,5)23)19-16(25-18)10-11-17(22)26-19/h6,8-11H,3,7,12-13H2,1-2,4-5H3,(H,24,25)/b9-8-,15-6+. The molecular weight excluding hydrogens is 443 g/mol. The third-order valence-corrected chi connectivity index (χ3v) is 6.34. The van der Waals surface area contributed by atoms with Crippen molar-refractivity contribution in [3.8, 4) is 0 Å². The average molecular weight is 469 g/mol. The normalized spacial score (nSPS) is 13.2. The molecule has 0 amide bonds. The van der Waals surface area contributed by atoms with Gasteiger partial charge in [-0.1, -0.05) is 37.3 Å². The second-order valence-corrected chi connectivity index (χ2v) is 10.2. The summed E-state index contributed by atoms with van der Waals surface area (Å²) in [6.07, 6.45) is 4.53. The Bertz CT molecular complexity index is 1210. The maximum Gasteiger partial charge on any atom is 0.295 e. The van der Waals surface area contributed by atoms with Crippen LogP contribution in [-0.2, 0) is 16.4 Å². The molecule has 0 saturated carbocycles. The Morgan fingerprint density at radius 3 is 2.58 bits per heavy atom. The van der Waals surface area contributed by atoms with Crippen molar-refractivity contribution >= 4 is 38.4 Å². The van der Waals surface area contributed by atoms with Crippen LogP contribution >= 0.6 is 11.6 Å². The zero-order valence-electron chi connectivity index (χ0n) is 17.9. The van der Waals surface area contributed by atoms with E-state index in [0.29, 0.717) is 11.1 Å². The van der Waals surface area contributed by atoms with Gasteiger partial charge in [-0.2, -0.15) is 0 Å². The van der Waals surface area contributed by atoms with E-state index in [4.69, 9.17) is 11.6 Å². The fourth-order valence-corrected chi connectivity index (χ4v) is 3.85. The number of hydrogen-bond donors (Lipinski definition) is 1. The summed E-state index contributed by atoms with van der Waals surface area (Å²) in [7, 11) is -3.34. The molecule has 0 aliphatic carbocycles. The molecular formula is C21H26ClFN4O3S. The average Bonchev–Trinajstić information content (AvgIpc) is 2.68. The second kappa shape index (κ2) is 9.74. The first kappa shape index (κ1) is 24.7. The van der Waals surface area contributed by atoms with Crippen molar-refractivity contribution in [2.45, 2.75) is 39.9 Å². The van der Waals surface area contributed by atoms with Gasteiger partial charge in [0.25, 0.3) is 5.56 Å². The number of rotatable bonds is 9. The first-order valence-corrected chi connectivity index (χ1v) is 11.7. The highest BCUT2D eigenvalue weighted by atomic mass is 35.5. The van der Waals surface area contributed by atoms with E-state index in [1.165, 1.54) is 36.6 Å². The number of sulfone groups is 1. The Morgan fingerprint density at radius 1 is 1.32 bits per heavy atom. The van der Waals surface area contributed by atoms with E-state index in [9.17, 15) is 17.6 Å². The maximum absolute atomic E-state index is 14.3. The van der Waals surface area contributed by atoms with Crippen LogP contribution in [0.3, 0.4) is 0 Å². The fourth-order valence-electron chi connectivity index (χ4n) is 2.74. The van der Waals surface area contributed by atoms with Crippen molar-refractivity contribution in [2.75, 3.05) is 17.6 Å². The van der Waals surface area contributed by atoms with Crippen LogP contribution in [-0.4, -0.2) is 40.9 Å². The van der Waals surface area contributed by atoms with Gasteiger partial charge in [0.05, 0.1) is 17.2 Å². The molecule has 0 saturated heterocycles. The summed E-state index contributed by atoms with van der Waals surface area (Å²) in [6.45, 7) is 9.71. The van der Waals surface area contributed by atoms with Crippen LogP contribution in [0.15, 0.2) is 52.2 Å². The Balaban J connectivity index is 2.32. The number of pyridine rings is 1. The van der Waals surface area contributed by atoms with E-state index < -0.39 is 21.1 Å². The zero-order chi connectivity index (χ0) is 23.4. The minimum absolute atomic E-state index is 0.00265. The number of alkyl halides is 1. The van der Waals surface area contributed by atoms with Crippen LogP contribution in [0.4, 0.5) is 10.2 Å². The van der Waals surface area contributed by atoms with E-state index in [2.05, 4.69) is 21.9 Å². The molecule has 0 fully saturated rings. The third kappa shape index (κ3) is 6.48. The van der Waals surface area contributed by atoms with Crippen molar-refractivity contribution in [3.63, 3.8) is 0 Å². The summed E-state index contributed by atoms with van der Waals surface area (Å²) in [4.78, 5) is 21.5. The monoisotopic (exact) mass is 468 g/mol. The van der Waals surface area contributed by atoms with E-state index in [-0.39, 0.29) is 40.4 Å². The summed E-state index contributed by atoms with van der Waals surface area (Å²) in [6, 6.07) is 3.13. The number of nitrogens with one attached hydrogen (secondary N) is 1. The molecule has 0 spiro atoms.